The van der Waals surface area contributed by atoms with Gasteiger partial charge in [0, 0.05) is 24.5 Å². The number of hydrogen-bond donors (Lipinski definition) is 0. The molecular formula is C13H18BrNO4S. The molecule has 1 aromatic rings. The zero-order valence-corrected chi connectivity index (χ0v) is 13.9. The lowest BCUT2D eigenvalue weighted by Gasteiger charge is -2.17. The molecule has 0 atom stereocenters. The van der Waals surface area contributed by atoms with Gasteiger partial charge in [0.2, 0.25) is 10.0 Å². The van der Waals surface area contributed by atoms with Crippen LogP contribution in [0.2, 0.25) is 0 Å². The van der Waals surface area contributed by atoms with E-state index in [0.717, 1.165) is 10.0 Å². The molecule has 112 valence electrons. The summed E-state index contributed by atoms with van der Waals surface area (Å²) >= 11 is 3.39. The third-order valence-corrected chi connectivity index (χ3v) is 5.49. The van der Waals surface area contributed by atoms with Crippen molar-refractivity contribution in [2.45, 2.75) is 19.4 Å². The van der Waals surface area contributed by atoms with Crippen LogP contribution in [-0.2, 0) is 26.1 Å². The summed E-state index contributed by atoms with van der Waals surface area (Å²) in [6.45, 7) is 0.294. The Labute approximate surface area is 128 Å². The van der Waals surface area contributed by atoms with E-state index in [1.807, 2.05) is 24.3 Å². The molecular weight excluding hydrogens is 346 g/mol. The monoisotopic (exact) mass is 363 g/mol. The van der Waals surface area contributed by atoms with E-state index in [4.69, 9.17) is 0 Å². The number of ether oxygens (including phenoxy) is 1. The molecule has 0 aromatic heterocycles. The van der Waals surface area contributed by atoms with Gasteiger partial charge in [-0.25, -0.2) is 12.7 Å². The van der Waals surface area contributed by atoms with E-state index in [-0.39, 0.29) is 18.6 Å². The SMILES string of the molecule is COC(=O)CCCS(=O)(=O)N(C)Cc1ccccc1Br. The van der Waals surface area contributed by atoms with Gasteiger partial charge in [0.05, 0.1) is 12.9 Å². The van der Waals surface area contributed by atoms with Crippen LogP contribution in [0.1, 0.15) is 18.4 Å². The average molecular weight is 364 g/mol. The minimum Gasteiger partial charge on any atom is -0.469 e. The van der Waals surface area contributed by atoms with Crippen molar-refractivity contribution < 1.29 is 17.9 Å². The molecule has 0 bridgehead atoms. The van der Waals surface area contributed by atoms with Crippen LogP contribution in [0.4, 0.5) is 0 Å². The predicted octanol–water partition coefficient (Wildman–Crippen LogP) is 2.16. The largest absolute Gasteiger partial charge is 0.469 e. The summed E-state index contributed by atoms with van der Waals surface area (Å²) in [4.78, 5) is 11.0. The maximum atomic E-state index is 12.1. The number of hydrogen-bond acceptors (Lipinski definition) is 4. The third-order valence-electron chi connectivity index (χ3n) is 2.84. The standard InChI is InChI=1S/C13H18BrNO4S/c1-15(10-11-6-3-4-7-12(11)14)20(17,18)9-5-8-13(16)19-2/h3-4,6-7H,5,8-10H2,1-2H3. The second-order valence-corrected chi connectivity index (χ2v) is 7.39. The maximum Gasteiger partial charge on any atom is 0.305 e. The van der Waals surface area contributed by atoms with Crippen molar-refractivity contribution in [2.24, 2.45) is 0 Å². The first kappa shape index (κ1) is 17.1. The molecule has 0 fully saturated rings. The van der Waals surface area contributed by atoms with E-state index < -0.39 is 16.0 Å². The van der Waals surface area contributed by atoms with Gasteiger partial charge in [0.15, 0.2) is 0 Å². The maximum absolute atomic E-state index is 12.1. The van der Waals surface area contributed by atoms with E-state index in [2.05, 4.69) is 20.7 Å². The van der Waals surface area contributed by atoms with Crippen LogP contribution in [0, 0.1) is 0 Å². The highest BCUT2D eigenvalue weighted by atomic mass is 79.9. The molecule has 0 heterocycles. The second kappa shape index (κ2) is 7.75. The quantitative estimate of drug-likeness (QED) is 0.696. The van der Waals surface area contributed by atoms with Crippen LogP contribution in [-0.4, -0.2) is 38.6 Å². The van der Waals surface area contributed by atoms with E-state index in [9.17, 15) is 13.2 Å². The first-order chi connectivity index (χ1) is 9.36. The molecule has 1 aromatic carbocycles. The Hall–Kier alpha value is -0.920. The van der Waals surface area contributed by atoms with Crippen molar-refractivity contribution in [3.63, 3.8) is 0 Å². The molecule has 7 heteroatoms. The van der Waals surface area contributed by atoms with E-state index in [1.165, 1.54) is 18.5 Å². The number of rotatable bonds is 7. The molecule has 0 radical (unpaired) electrons. The van der Waals surface area contributed by atoms with Gasteiger partial charge in [-0.15, -0.1) is 0 Å². The number of carbonyl (C=O) groups is 1. The van der Waals surface area contributed by atoms with Crippen molar-refractivity contribution in [3.8, 4) is 0 Å². The molecule has 0 unspecified atom stereocenters. The zero-order valence-electron chi connectivity index (χ0n) is 11.5. The minimum absolute atomic E-state index is 0.0664. The summed E-state index contributed by atoms with van der Waals surface area (Å²) in [7, 11) is -0.552. The van der Waals surface area contributed by atoms with Gasteiger partial charge in [-0.3, -0.25) is 4.79 Å². The number of sulfonamides is 1. The average Bonchev–Trinajstić information content (AvgIpc) is 2.40. The Morgan fingerprint density at radius 1 is 1.35 bits per heavy atom. The lowest BCUT2D eigenvalue weighted by Crippen LogP contribution is -2.29. The van der Waals surface area contributed by atoms with Crippen molar-refractivity contribution in [3.05, 3.63) is 34.3 Å². The lowest BCUT2D eigenvalue weighted by molar-refractivity contribution is -0.140. The van der Waals surface area contributed by atoms with Crippen molar-refractivity contribution >= 4 is 31.9 Å². The minimum atomic E-state index is -3.37. The molecule has 0 saturated heterocycles. The molecule has 0 aliphatic carbocycles. The van der Waals surface area contributed by atoms with Crippen molar-refractivity contribution in [1.82, 2.24) is 4.31 Å². The fourth-order valence-electron chi connectivity index (χ4n) is 1.62. The van der Waals surface area contributed by atoms with Crippen LogP contribution in [0.5, 0.6) is 0 Å². The molecule has 0 amide bonds. The molecule has 0 aliphatic rings. The highest BCUT2D eigenvalue weighted by molar-refractivity contribution is 9.10. The van der Waals surface area contributed by atoms with Gasteiger partial charge in [-0.1, -0.05) is 34.1 Å². The normalized spacial score (nSPS) is 11.6. The molecule has 0 aliphatic heterocycles. The molecule has 20 heavy (non-hydrogen) atoms. The Morgan fingerprint density at radius 2 is 2.00 bits per heavy atom. The predicted molar refractivity (Wildman–Crippen MR) is 80.6 cm³/mol. The summed E-state index contributed by atoms with van der Waals surface area (Å²) < 4.78 is 30.8. The van der Waals surface area contributed by atoms with Crippen LogP contribution >= 0.6 is 15.9 Å². The van der Waals surface area contributed by atoms with Gasteiger partial charge in [-0.05, 0) is 18.1 Å². The van der Waals surface area contributed by atoms with E-state index in [1.54, 1.807) is 0 Å². The molecule has 1 rings (SSSR count). The molecule has 0 spiro atoms. The van der Waals surface area contributed by atoms with Crippen LogP contribution in [0.25, 0.3) is 0 Å². The van der Waals surface area contributed by atoms with Gasteiger partial charge >= 0.3 is 5.97 Å². The summed E-state index contributed by atoms with van der Waals surface area (Å²) in [6, 6.07) is 7.47. The van der Waals surface area contributed by atoms with E-state index in [0.29, 0.717) is 6.54 Å². The van der Waals surface area contributed by atoms with Crippen molar-refractivity contribution in [1.29, 1.82) is 0 Å². The third kappa shape index (κ3) is 5.22. The molecule has 5 nitrogen and oxygen atoms in total. The van der Waals surface area contributed by atoms with Crippen LogP contribution in [0.15, 0.2) is 28.7 Å². The zero-order chi connectivity index (χ0) is 15.2. The Kier molecular flexibility index (Phi) is 6.64. The number of nitrogens with zero attached hydrogens (tertiary/aromatic N) is 1. The second-order valence-electron chi connectivity index (χ2n) is 4.34. The van der Waals surface area contributed by atoms with Gasteiger partial charge in [0.1, 0.15) is 0 Å². The van der Waals surface area contributed by atoms with Gasteiger partial charge in [0.25, 0.3) is 0 Å². The highest BCUT2D eigenvalue weighted by Gasteiger charge is 2.19. The summed E-state index contributed by atoms with van der Waals surface area (Å²) in [5.74, 6) is -0.461. The van der Waals surface area contributed by atoms with Crippen LogP contribution < -0.4 is 0 Å². The van der Waals surface area contributed by atoms with Gasteiger partial charge in [-0.2, -0.15) is 0 Å². The number of carbonyl (C=O) groups excluding carboxylic acids is 1. The lowest BCUT2D eigenvalue weighted by atomic mass is 10.2. The molecule has 0 N–H and O–H groups in total. The topological polar surface area (TPSA) is 63.7 Å². The fourth-order valence-corrected chi connectivity index (χ4v) is 3.19. The first-order valence-electron chi connectivity index (χ1n) is 6.11. The number of halogens is 1. The smallest absolute Gasteiger partial charge is 0.305 e. The van der Waals surface area contributed by atoms with E-state index >= 15 is 0 Å². The highest BCUT2D eigenvalue weighted by Crippen LogP contribution is 2.18. The summed E-state index contributed by atoms with van der Waals surface area (Å²) in [5.41, 5.74) is 0.895. The Bertz CT molecular complexity index is 559. The number of benzene rings is 1. The molecule has 0 saturated carbocycles. The first-order valence-corrected chi connectivity index (χ1v) is 8.51. The van der Waals surface area contributed by atoms with Crippen LogP contribution in [0.3, 0.4) is 0 Å². The van der Waals surface area contributed by atoms with Gasteiger partial charge < -0.3 is 4.74 Å². The Balaban J connectivity index is 2.59. The number of methoxy groups -OCH3 is 1. The Morgan fingerprint density at radius 3 is 2.60 bits per heavy atom. The number of esters is 1. The van der Waals surface area contributed by atoms with Crippen molar-refractivity contribution in [2.75, 3.05) is 19.9 Å². The summed E-state index contributed by atoms with van der Waals surface area (Å²) in [5, 5.41) is 0. The fraction of sp³-hybridized carbons (Fsp3) is 0.462. The summed E-state index contributed by atoms with van der Waals surface area (Å²) in [6.07, 6.45) is 0.369.